The Morgan fingerprint density at radius 2 is 0.592 bits per heavy atom. The predicted octanol–water partition coefficient (Wildman–Crippen LogP) is -2.91. The highest BCUT2D eigenvalue weighted by Crippen LogP contribution is 2.62. The van der Waals surface area contributed by atoms with Gasteiger partial charge in [-0.25, -0.2) is 0 Å². The minimum atomic E-state index is -6.25. The molecule has 0 saturated heterocycles. The quantitative estimate of drug-likeness (QED) is 0.0747. The van der Waals surface area contributed by atoms with Gasteiger partial charge in [-0.05, 0) is 0 Å². The molecule has 2 aliphatic carbocycles. The van der Waals surface area contributed by atoms with Gasteiger partial charge < -0.3 is 0 Å². The normalized spacial score (nSPS) is 27.0. The molecule has 0 N–H and O–H groups in total. The third kappa shape index (κ3) is 3.78. The van der Waals surface area contributed by atoms with Crippen molar-refractivity contribution < 1.29 is 59.1 Å². The maximum Gasteiger partial charge on any atom is 0.685 e. The summed E-state index contributed by atoms with van der Waals surface area (Å²) in [5.41, 5.74) is -24.3. The Balaban J connectivity index is 3.67. The Morgan fingerprint density at radius 3 is 0.735 bits per heavy atom. The average molecular weight is 734 g/mol. The maximum atomic E-state index is 12.6. The van der Waals surface area contributed by atoms with E-state index >= 15 is 0 Å². The van der Waals surface area contributed by atoms with E-state index in [1.165, 1.54) is 0 Å². The fourth-order valence-electron chi connectivity index (χ4n) is 5.48. The zero-order chi connectivity index (χ0) is 38.6. The Labute approximate surface area is 261 Å². The molecule has 0 aromatic carbocycles. The minimum absolute atomic E-state index is 0.777. The molecule has 0 heterocycles. The molecule has 37 heteroatoms. The molecule has 0 amide bonds. The van der Waals surface area contributed by atoms with Gasteiger partial charge >= 0.3 is 44.5 Å². The molecule has 0 aromatic heterocycles. The molecule has 0 spiro atoms. The summed E-state index contributed by atoms with van der Waals surface area (Å²) in [6, 6.07) is -8.14. The summed E-state index contributed by atoms with van der Waals surface area (Å²) < 4.78 is 0. The van der Waals surface area contributed by atoms with Gasteiger partial charge in [-0.2, -0.15) is 0 Å². The van der Waals surface area contributed by atoms with Gasteiger partial charge in [0.2, 0.25) is 0 Å². The Bertz CT molecular complexity index is 1580. The van der Waals surface area contributed by atoms with Crippen LogP contribution in [0.25, 0.3) is 0 Å². The smallest absolute Gasteiger partial charge is 0.263 e. The molecule has 0 fully saturated rings. The van der Waals surface area contributed by atoms with Crippen molar-refractivity contribution in [3.8, 4) is 0 Å². The average Bonchev–Trinajstić information content (AvgIpc) is 2.93. The van der Waals surface area contributed by atoms with Crippen LogP contribution in [-0.2, 0) is 0 Å². The predicted molar refractivity (Wildman–Crippen MR) is 134 cm³/mol. The third-order valence-corrected chi connectivity index (χ3v) is 9.10. The van der Waals surface area contributed by atoms with E-state index in [0.717, 1.165) is 0 Å². The molecule has 49 heavy (non-hydrogen) atoms. The number of thioether (sulfide) groups is 1. The van der Waals surface area contributed by atoms with E-state index in [-0.39, 0.29) is 0 Å². The fourth-order valence-corrected chi connectivity index (χ4v) is 7.28. The minimum Gasteiger partial charge on any atom is -0.263 e. The van der Waals surface area contributed by atoms with Gasteiger partial charge in [-0.1, -0.05) is 0 Å². The van der Waals surface area contributed by atoms with Crippen LogP contribution in [0.15, 0.2) is 24.3 Å². The monoisotopic (exact) mass is 734 g/mol. The van der Waals surface area contributed by atoms with E-state index in [4.69, 9.17) is 0 Å². The first-order valence-corrected chi connectivity index (χ1v) is 11.8. The Morgan fingerprint density at radius 1 is 0.367 bits per heavy atom. The number of hydrogen-bond donors (Lipinski definition) is 0. The van der Waals surface area contributed by atoms with E-state index in [9.17, 15) is 121 Å². The summed E-state index contributed by atoms with van der Waals surface area (Å²) in [7, 11) is 0. The molecule has 0 aliphatic heterocycles. The summed E-state index contributed by atoms with van der Waals surface area (Å²) in [5, 5.41) is 147. The fraction of sp³-hybridized carbons (Fsp3) is 0.667. The lowest BCUT2D eigenvalue weighted by Crippen LogP contribution is -2.89. The molecule has 2 aliphatic rings. The van der Waals surface area contributed by atoms with Crippen LogP contribution < -0.4 is 0 Å². The van der Waals surface area contributed by atoms with Crippen LogP contribution in [-0.4, -0.2) is 104 Å². The first-order valence-electron chi connectivity index (χ1n) is 11.0. The van der Waals surface area contributed by atoms with Crippen molar-refractivity contribution in [3.63, 3.8) is 0 Å². The maximum absolute atomic E-state index is 12.6. The lowest BCUT2D eigenvalue weighted by atomic mass is 9.75. The topological polar surface area (TPSA) is 518 Å². The lowest BCUT2D eigenvalue weighted by Gasteiger charge is -2.37. The van der Waals surface area contributed by atoms with E-state index < -0.39 is 140 Å². The van der Waals surface area contributed by atoms with Gasteiger partial charge in [0.1, 0.15) is 39.4 Å². The Hall–Kier alpha value is -7.37. The van der Waals surface area contributed by atoms with Crippen molar-refractivity contribution in [3.05, 3.63) is 146 Å². The third-order valence-electron chi connectivity index (χ3n) is 7.34. The zero-order valence-corrected chi connectivity index (χ0v) is 22.9. The van der Waals surface area contributed by atoms with Gasteiger partial charge in [0.25, 0.3) is 0 Å². The van der Waals surface area contributed by atoms with Crippen molar-refractivity contribution in [2.75, 3.05) is 0 Å². The number of hydrogen-bond acceptors (Lipinski definition) is 25. The van der Waals surface area contributed by atoms with E-state index in [0.29, 0.717) is 0 Å². The molecule has 264 valence electrons. The highest BCUT2D eigenvalue weighted by molar-refractivity contribution is 8.02. The van der Waals surface area contributed by atoms with Crippen molar-refractivity contribution in [2.45, 2.75) is 44.5 Å². The number of nitrogens with zero attached hydrogens (tertiary/aromatic N) is 12. The summed E-state index contributed by atoms with van der Waals surface area (Å²) in [6.07, 6.45) is -3.52. The van der Waals surface area contributed by atoms with E-state index in [1.54, 1.807) is 0 Å². The summed E-state index contributed by atoms with van der Waals surface area (Å²) in [6.45, 7) is 0. The van der Waals surface area contributed by atoms with Crippen molar-refractivity contribution in [2.24, 2.45) is 0 Å². The van der Waals surface area contributed by atoms with Gasteiger partial charge in [-0.15, -0.1) is 0 Å². The molecular formula is C12H6N12O24S. The highest BCUT2D eigenvalue weighted by Gasteiger charge is 3.15. The zero-order valence-electron chi connectivity index (χ0n) is 22.0. The Kier molecular flexibility index (Phi) is 8.61. The molecule has 0 radical (unpaired) electrons. The molecule has 0 aromatic rings. The first-order chi connectivity index (χ1) is 22.2. The summed E-state index contributed by atoms with van der Waals surface area (Å²) in [4.78, 5) is 103. The van der Waals surface area contributed by atoms with Crippen LogP contribution in [0.2, 0.25) is 0 Å². The standard InChI is InChI=1S/C12H6N12O24S/c25-13(26)5-1-3-7(15(29)30,11(21(41)42,22(43)44)9(5,17(33)34)18(35)36)49-8(16(31)32)4-2-6(14(27)28)10(19(37)38,20(39)40)12(8,23(45)46)24(47)48/h1-6H. The second-order valence-corrected chi connectivity index (χ2v) is 10.5. The van der Waals surface area contributed by atoms with Crippen LogP contribution in [0.5, 0.6) is 0 Å². The lowest BCUT2D eigenvalue weighted by molar-refractivity contribution is -0.973. The molecule has 36 nitrogen and oxygen atoms in total. The van der Waals surface area contributed by atoms with Gasteiger partial charge in [-0.3, -0.25) is 121 Å². The van der Waals surface area contributed by atoms with Crippen LogP contribution in [0, 0.1) is 121 Å². The molecule has 0 saturated carbocycles. The second kappa shape index (κ2) is 11.2. The van der Waals surface area contributed by atoms with Crippen LogP contribution >= 0.6 is 11.8 Å². The van der Waals surface area contributed by atoms with E-state index in [2.05, 4.69) is 0 Å². The molecular weight excluding hydrogens is 728 g/mol. The molecule has 2 rings (SSSR count). The van der Waals surface area contributed by atoms with Gasteiger partial charge in [0.05, 0.1) is 9.85 Å². The van der Waals surface area contributed by atoms with Crippen LogP contribution in [0.4, 0.5) is 0 Å². The van der Waals surface area contributed by atoms with Crippen molar-refractivity contribution in [1.82, 2.24) is 0 Å². The molecule has 4 unspecified atom stereocenters. The largest absolute Gasteiger partial charge is 0.685 e. The molecule has 0 bridgehead atoms. The van der Waals surface area contributed by atoms with E-state index in [1.807, 2.05) is 0 Å². The second-order valence-electron chi connectivity index (χ2n) is 9.04. The first kappa shape index (κ1) is 37.8. The van der Waals surface area contributed by atoms with Gasteiger partial charge in [0.15, 0.2) is 0 Å². The summed E-state index contributed by atoms with van der Waals surface area (Å²) in [5.74, 6) is 0. The number of nitro groups is 12. The number of rotatable bonds is 14. The van der Waals surface area contributed by atoms with Crippen LogP contribution in [0.3, 0.4) is 0 Å². The van der Waals surface area contributed by atoms with Gasteiger partial charge in [0, 0.05) is 45.9 Å². The van der Waals surface area contributed by atoms with Crippen molar-refractivity contribution >= 4 is 11.8 Å². The highest BCUT2D eigenvalue weighted by atomic mass is 32.2. The SMILES string of the molecule is O=[N+]([O-])C1C=CC(SC2([N+](=O)[O-])C=CC([N+](=O)[O-])C([N+](=O)[O-])([N+](=O)[O-])C2([N+](=O)[O-])[N+](=O)[O-])([N+](=O)[O-])C([N+](=O)[O-])([N+](=O)[O-])C1([N+](=O)[O-])[N+](=O)[O-]. The van der Waals surface area contributed by atoms with Crippen LogP contribution in [0.1, 0.15) is 0 Å². The van der Waals surface area contributed by atoms with Crippen molar-refractivity contribution in [1.29, 1.82) is 0 Å². The summed E-state index contributed by atoms with van der Waals surface area (Å²) >= 11 is -2.32. The molecule has 4 atom stereocenters.